The monoisotopic (exact) mass is 551 g/mol. The summed E-state index contributed by atoms with van der Waals surface area (Å²) in [5, 5.41) is 12.3. The van der Waals surface area contributed by atoms with E-state index in [1.165, 1.54) is 76.6 Å². The lowest BCUT2D eigenvalue weighted by Crippen LogP contribution is -2.09. The van der Waals surface area contributed by atoms with Crippen molar-refractivity contribution < 1.29 is 4.42 Å². The molecule has 2 heteroatoms. The Morgan fingerprint density at radius 3 is 1.74 bits per heavy atom. The number of benzene rings is 7. The summed E-state index contributed by atoms with van der Waals surface area (Å²) in [7, 11) is 0. The lowest BCUT2D eigenvalue weighted by molar-refractivity contribution is 0.608. The molecule has 0 saturated heterocycles. The molecule has 43 heavy (non-hydrogen) atoms. The Kier molecular flexibility index (Phi) is 5.42. The van der Waals surface area contributed by atoms with E-state index in [0.717, 1.165) is 30.9 Å². The quantitative estimate of drug-likeness (QED) is 0.221. The van der Waals surface area contributed by atoms with E-state index in [1.807, 2.05) is 0 Å². The first-order chi connectivity index (χ1) is 21.3. The first-order valence-electron chi connectivity index (χ1n) is 15.2. The van der Waals surface area contributed by atoms with Crippen LogP contribution in [0.4, 0.5) is 5.88 Å². The topological polar surface area (TPSA) is 25.2 Å². The second kappa shape index (κ2) is 9.61. The number of nitrogens with one attached hydrogen (secondary N) is 1. The van der Waals surface area contributed by atoms with Crippen molar-refractivity contribution in [3.8, 4) is 33.4 Å². The summed E-state index contributed by atoms with van der Waals surface area (Å²) in [4.78, 5) is 0. The smallest absolute Gasteiger partial charge is 0.197 e. The Morgan fingerprint density at radius 1 is 0.465 bits per heavy atom. The molecule has 1 aliphatic heterocycles. The van der Waals surface area contributed by atoms with Crippen LogP contribution >= 0.6 is 0 Å². The first-order valence-corrected chi connectivity index (χ1v) is 15.2. The van der Waals surface area contributed by atoms with Crippen molar-refractivity contribution in [2.75, 3.05) is 11.9 Å². The molecule has 0 spiro atoms. The molecule has 1 N–H and O–H groups in total. The fourth-order valence-electron chi connectivity index (χ4n) is 7.28. The van der Waals surface area contributed by atoms with Crippen LogP contribution in [0.1, 0.15) is 12.0 Å². The molecule has 0 atom stereocenters. The maximum absolute atomic E-state index is 6.20. The standard InChI is InChI=1S/C41H29NO/c1-2-11-26(12-3-1)28-21-22-35(30-14-5-4-13-29(28)30)40-33-17-8-6-15-31(33)39(32-16-7-9-18-34(32)40)27-20-23-38-37(25-27)36-19-10-24-42-41(36)43-38/h1-9,11-18,20-23,25,42H,10,19,24H2. The Labute approximate surface area is 250 Å². The third-order valence-corrected chi connectivity index (χ3v) is 9.18. The van der Waals surface area contributed by atoms with Gasteiger partial charge in [-0.25, -0.2) is 0 Å². The maximum atomic E-state index is 6.20. The molecule has 8 aromatic rings. The van der Waals surface area contributed by atoms with Gasteiger partial charge in [0.05, 0.1) is 0 Å². The van der Waals surface area contributed by atoms with Gasteiger partial charge in [-0.15, -0.1) is 0 Å². The van der Waals surface area contributed by atoms with Crippen LogP contribution in [0.15, 0.2) is 138 Å². The summed E-state index contributed by atoms with van der Waals surface area (Å²) in [6.07, 6.45) is 2.18. The van der Waals surface area contributed by atoms with Crippen molar-refractivity contribution in [3.63, 3.8) is 0 Å². The van der Waals surface area contributed by atoms with Gasteiger partial charge in [-0.3, -0.25) is 0 Å². The zero-order valence-corrected chi connectivity index (χ0v) is 23.7. The van der Waals surface area contributed by atoms with Crippen molar-refractivity contribution in [2.45, 2.75) is 12.8 Å². The van der Waals surface area contributed by atoms with Crippen LogP contribution in [0, 0.1) is 0 Å². The minimum absolute atomic E-state index is 0.939. The van der Waals surface area contributed by atoms with Crippen LogP contribution in [-0.2, 0) is 6.42 Å². The normalized spacial score (nSPS) is 13.0. The molecule has 1 aromatic heterocycles. The molecule has 7 aromatic carbocycles. The third kappa shape index (κ3) is 3.73. The Balaban J connectivity index is 1.35. The minimum atomic E-state index is 0.939. The van der Waals surface area contributed by atoms with Gasteiger partial charge in [-0.1, -0.05) is 121 Å². The second-order valence-electron chi connectivity index (χ2n) is 11.6. The zero-order valence-electron chi connectivity index (χ0n) is 23.7. The van der Waals surface area contributed by atoms with E-state index in [9.17, 15) is 0 Å². The van der Waals surface area contributed by atoms with Crippen LogP contribution in [0.2, 0.25) is 0 Å². The maximum Gasteiger partial charge on any atom is 0.197 e. The lowest BCUT2D eigenvalue weighted by atomic mass is 9.83. The number of furan rings is 1. The largest absolute Gasteiger partial charge is 0.440 e. The van der Waals surface area contributed by atoms with Crippen molar-refractivity contribution in [1.82, 2.24) is 0 Å². The first kappa shape index (κ1) is 24.3. The van der Waals surface area contributed by atoms with E-state index in [-0.39, 0.29) is 0 Å². The van der Waals surface area contributed by atoms with Gasteiger partial charge in [0.25, 0.3) is 0 Å². The molecule has 2 nitrogen and oxygen atoms in total. The molecule has 0 fully saturated rings. The van der Waals surface area contributed by atoms with Gasteiger partial charge in [0.2, 0.25) is 0 Å². The molecule has 0 unspecified atom stereocenters. The number of anilines is 1. The van der Waals surface area contributed by atoms with E-state index in [1.54, 1.807) is 0 Å². The van der Waals surface area contributed by atoms with Crippen molar-refractivity contribution >= 4 is 49.2 Å². The molecule has 0 aliphatic carbocycles. The number of fused-ring (bicyclic) bond motifs is 6. The molecule has 2 heterocycles. The van der Waals surface area contributed by atoms with Crippen LogP contribution < -0.4 is 5.32 Å². The number of aryl methyl sites for hydroxylation is 1. The predicted octanol–water partition coefficient (Wildman–Crippen LogP) is 11.3. The predicted molar refractivity (Wildman–Crippen MR) is 182 cm³/mol. The summed E-state index contributed by atoms with van der Waals surface area (Å²) < 4.78 is 6.20. The summed E-state index contributed by atoms with van der Waals surface area (Å²) in [6.45, 7) is 0.970. The molecule has 0 amide bonds. The van der Waals surface area contributed by atoms with Crippen LogP contribution in [0.5, 0.6) is 0 Å². The summed E-state index contributed by atoms with van der Waals surface area (Å²) in [5.74, 6) is 0.939. The van der Waals surface area contributed by atoms with Crippen LogP contribution in [0.25, 0.3) is 76.7 Å². The van der Waals surface area contributed by atoms with E-state index in [0.29, 0.717) is 0 Å². The van der Waals surface area contributed by atoms with E-state index in [4.69, 9.17) is 4.42 Å². The Hall–Kier alpha value is -5.34. The molecule has 0 saturated carbocycles. The van der Waals surface area contributed by atoms with Crippen LogP contribution in [-0.4, -0.2) is 6.54 Å². The molecule has 1 aliphatic rings. The van der Waals surface area contributed by atoms with E-state index in [2.05, 4.69) is 139 Å². The van der Waals surface area contributed by atoms with E-state index >= 15 is 0 Å². The van der Waals surface area contributed by atoms with Gasteiger partial charge in [0.15, 0.2) is 5.88 Å². The Bertz CT molecular complexity index is 2290. The van der Waals surface area contributed by atoms with Crippen LogP contribution in [0.3, 0.4) is 0 Å². The highest BCUT2D eigenvalue weighted by Crippen LogP contribution is 2.47. The van der Waals surface area contributed by atoms with Gasteiger partial charge in [-0.05, 0) is 90.7 Å². The summed E-state index contributed by atoms with van der Waals surface area (Å²) >= 11 is 0. The number of hydrogen-bond acceptors (Lipinski definition) is 2. The molecular weight excluding hydrogens is 522 g/mol. The molecule has 0 radical (unpaired) electrons. The van der Waals surface area contributed by atoms with Gasteiger partial charge in [0, 0.05) is 17.5 Å². The molecular formula is C41H29NO. The lowest BCUT2D eigenvalue weighted by Gasteiger charge is -2.19. The van der Waals surface area contributed by atoms with Crippen molar-refractivity contribution in [1.29, 1.82) is 0 Å². The van der Waals surface area contributed by atoms with Gasteiger partial charge in [0.1, 0.15) is 5.58 Å². The van der Waals surface area contributed by atoms with Crippen molar-refractivity contribution in [3.05, 3.63) is 139 Å². The minimum Gasteiger partial charge on any atom is -0.440 e. The average Bonchev–Trinajstić information content (AvgIpc) is 3.45. The Morgan fingerprint density at radius 2 is 1.05 bits per heavy atom. The van der Waals surface area contributed by atoms with Gasteiger partial charge >= 0.3 is 0 Å². The average molecular weight is 552 g/mol. The SMILES string of the molecule is c1ccc(-c2ccc(-c3c4ccccc4c(-c4ccc5oc6c(c5c4)CCCN6)c4ccccc34)c3ccccc23)cc1. The highest BCUT2D eigenvalue weighted by molar-refractivity contribution is 6.24. The highest BCUT2D eigenvalue weighted by atomic mass is 16.3. The zero-order chi connectivity index (χ0) is 28.3. The number of rotatable bonds is 3. The molecule has 9 rings (SSSR count). The summed E-state index contributed by atoms with van der Waals surface area (Å²) in [5.41, 5.74) is 9.82. The van der Waals surface area contributed by atoms with Gasteiger partial charge in [-0.2, -0.15) is 0 Å². The summed E-state index contributed by atoms with van der Waals surface area (Å²) in [6, 6.07) is 48.8. The molecule has 204 valence electrons. The molecule has 0 bridgehead atoms. The van der Waals surface area contributed by atoms with Crippen molar-refractivity contribution in [2.24, 2.45) is 0 Å². The fraction of sp³-hybridized carbons (Fsp3) is 0.0732. The highest BCUT2D eigenvalue weighted by Gasteiger charge is 2.21. The fourth-order valence-corrected chi connectivity index (χ4v) is 7.28. The third-order valence-electron chi connectivity index (χ3n) is 9.18. The number of hydrogen-bond donors (Lipinski definition) is 1. The van der Waals surface area contributed by atoms with Gasteiger partial charge < -0.3 is 9.73 Å². The second-order valence-corrected chi connectivity index (χ2v) is 11.6. The van der Waals surface area contributed by atoms with E-state index < -0.39 is 0 Å².